The van der Waals surface area contributed by atoms with Crippen LogP contribution in [0.3, 0.4) is 0 Å². The lowest BCUT2D eigenvalue weighted by atomic mass is 10.2. The lowest BCUT2D eigenvalue weighted by molar-refractivity contribution is 0.305. The van der Waals surface area contributed by atoms with Crippen molar-refractivity contribution in [2.45, 2.75) is 13.0 Å². The van der Waals surface area contributed by atoms with Gasteiger partial charge in [-0.05, 0) is 18.7 Å². The van der Waals surface area contributed by atoms with Gasteiger partial charge in [0.2, 0.25) is 0 Å². The van der Waals surface area contributed by atoms with Crippen LogP contribution >= 0.6 is 0 Å². The van der Waals surface area contributed by atoms with E-state index in [9.17, 15) is 0 Å². The highest BCUT2D eigenvalue weighted by Crippen LogP contribution is 2.12. The minimum absolute atomic E-state index is 0.541. The monoisotopic (exact) mass is 266 g/mol. The van der Waals surface area contributed by atoms with Gasteiger partial charge in [-0.2, -0.15) is 0 Å². The van der Waals surface area contributed by atoms with Crippen LogP contribution < -0.4 is 10.1 Å². The number of rotatable bonds is 5. The van der Waals surface area contributed by atoms with E-state index < -0.39 is 0 Å². The minimum atomic E-state index is 0.541. The maximum Gasteiger partial charge on any atom is 0.139 e. The van der Waals surface area contributed by atoms with Crippen molar-refractivity contribution < 1.29 is 4.74 Å². The van der Waals surface area contributed by atoms with E-state index in [4.69, 9.17) is 4.74 Å². The van der Waals surface area contributed by atoms with Crippen molar-refractivity contribution in [3.05, 3.63) is 59.9 Å². The molecule has 0 radical (unpaired) electrons. The molecule has 1 heterocycles. The Morgan fingerprint density at radius 2 is 2.05 bits per heavy atom. The largest absolute Gasteiger partial charge is 0.487 e. The molecule has 20 heavy (non-hydrogen) atoms. The highest BCUT2D eigenvalue weighted by atomic mass is 16.5. The molecule has 2 rings (SSSR count). The molecule has 102 valence electrons. The van der Waals surface area contributed by atoms with Crippen molar-refractivity contribution in [1.29, 1.82) is 0 Å². The van der Waals surface area contributed by atoms with Gasteiger partial charge in [0.1, 0.15) is 12.4 Å². The Morgan fingerprint density at radius 1 is 1.20 bits per heavy atom. The van der Waals surface area contributed by atoms with E-state index in [0.29, 0.717) is 6.61 Å². The van der Waals surface area contributed by atoms with Crippen LogP contribution in [-0.2, 0) is 6.61 Å². The molecule has 1 aromatic heterocycles. The van der Waals surface area contributed by atoms with Gasteiger partial charge < -0.3 is 10.1 Å². The van der Waals surface area contributed by atoms with E-state index in [1.165, 1.54) is 0 Å². The third-order valence-corrected chi connectivity index (χ3v) is 2.69. The molecule has 0 bridgehead atoms. The first-order valence-corrected chi connectivity index (χ1v) is 6.64. The quantitative estimate of drug-likeness (QED) is 0.667. The lowest BCUT2D eigenvalue weighted by Gasteiger charge is -2.05. The predicted octanol–water partition coefficient (Wildman–Crippen LogP) is 2.62. The van der Waals surface area contributed by atoms with Crippen LogP contribution in [0.4, 0.5) is 0 Å². The molecule has 0 saturated heterocycles. The average molecular weight is 266 g/mol. The SMILES string of the molecule is CNCCC#Cc1cncc(OCc2ccccc2)c1. The van der Waals surface area contributed by atoms with Crippen molar-refractivity contribution in [3.63, 3.8) is 0 Å². The number of benzene rings is 1. The number of hydrogen-bond acceptors (Lipinski definition) is 3. The van der Waals surface area contributed by atoms with Crippen molar-refractivity contribution in [2.75, 3.05) is 13.6 Å². The average Bonchev–Trinajstić information content (AvgIpc) is 2.51. The van der Waals surface area contributed by atoms with E-state index >= 15 is 0 Å². The molecule has 1 aromatic carbocycles. The summed E-state index contributed by atoms with van der Waals surface area (Å²) < 4.78 is 5.72. The third kappa shape index (κ3) is 4.75. The summed E-state index contributed by atoms with van der Waals surface area (Å²) in [6, 6.07) is 12.0. The molecule has 0 atom stereocenters. The Morgan fingerprint density at radius 3 is 2.85 bits per heavy atom. The van der Waals surface area contributed by atoms with Crippen molar-refractivity contribution >= 4 is 0 Å². The second kappa shape index (κ2) is 7.98. The van der Waals surface area contributed by atoms with Crippen LogP contribution in [0.15, 0.2) is 48.8 Å². The summed E-state index contributed by atoms with van der Waals surface area (Å²) in [6.07, 6.45) is 4.29. The number of ether oxygens (including phenoxy) is 1. The molecule has 0 aliphatic carbocycles. The van der Waals surface area contributed by atoms with Gasteiger partial charge in [-0.1, -0.05) is 42.2 Å². The summed E-state index contributed by atoms with van der Waals surface area (Å²) in [5, 5.41) is 3.06. The van der Waals surface area contributed by atoms with Gasteiger partial charge >= 0.3 is 0 Å². The standard InChI is InChI=1S/C17H18N2O/c1-18-10-6-5-9-16-11-17(13-19-12-16)20-14-15-7-3-2-4-8-15/h2-4,7-8,11-13,18H,6,10,14H2,1H3. The van der Waals surface area contributed by atoms with Gasteiger partial charge in [-0.3, -0.25) is 4.98 Å². The highest BCUT2D eigenvalue weighted by Gasteiger charge is 1.97. The number of nitrogens with one attached hydrogen (secondary N) is 1. The van der Waals surface area contributed by atoms with Crippen molar-refractivity contribution in [1.82, 2.24) is 10.3 Å². The van der Waals surface area contributed by atoms with Crippen molar-refractivity contribution in [3.8, 4) is 17.6 Å². The van der Waals surface area contributed by atoms with Gasteiger partial charge in [0.05, 0.1) is 6.20 Å². The Kier molecular flexibility index (Phi) is 5.63. The fraction of sp³-hybridized carbons (Fsp3) is 0.235. The van der Waals surface area contributed by atoms with E-state index in [1.807, 2.05) is 43.4 Å². The zero-order chi connectivity index (χ0) is 14.0. The van der Waals surface area contributed by atoms with Gasteiger partial charge in [-0.25, -0.2) is 0 Å². The van der Waals surface area contributed by atoms with E-state index in [1.54, 1.807) is 12.4 Å². The highest BCUT2D eigenvalue weighted by molar-refractivity contribution is 5.36. The molecule has 0 unspecified atom stereocenters. The molecule has 1 N–H and O–H groups in total. The summed E-state index contributed by atoms with van der Waals surface area (Å²) in [5.41, 5.74) is 2.02. The summed E-state index contributed by atoms with van der Waals surface area (Å²) >= 11 is 0. The molecule has 3 heteroatoms. The van der Waals surface area contributed by atoms with E-state index in [2.05, 4.69) is 22.1 Å². The van der Waals surface area contributed by atoms with Crippen LogP contribution in [0, 0.1) is 11.8 Å². The molecule has 0 saturated carbocycles. The number of aromatic nitrogens is 1. The predicted molar refractivity (Wildman–Crippen MR) is 80.4 cm³/mol. The van der Waals surface area contributed by atoms with E-state index in [0.717, 1.165) is 29.8 Å². The number of hydrogen-bond donors (Lipinski definition) is 1. The molecule has 0 amide bonds. The zero-order valence-electron chi connectivity index (χ0n) is 11.6. The second-order valence-electron chi connectivity index (χ2n) is 4.34. The Labute approximate surface area is 120 Å². The summed E-state index contributed by atoms with van der Waals surface area (Å²) in [7, 11) is 1.92. The first-order chi connectivity index (χ1) is 9.88. The zero-order valence-corrected chi connectivity index (χ0v) is 11.6. The second-order valence-corrected chi connectivity index (χ2v) is 4.34. The smallest absolute Gasteiger partial charge is 0.139 e. The summed E-state index contributed by atoms with van der Waals surface area (Å²) in [6.45, 7) is 1.43. The molecule has 3 nitrogen and oxygen atoms in total. The van der Waals surface area contributed by atoms with Crippen molar-refractivity contribution in [2.24, 2.45) is 0 Å². The van der Waals surface area contributed by atoms with Crippen LogP contribution in [0.1, 0.15) is 17.5 Å². The van der Waals surface area contributed by atoms with Gasteiger partial charge in [0, 0.05) is 24.7 Å². The summed E-state index contributed by atoms with van der Waals surface area (Å²) in [5.74, 6) is 6.93. The summed E-state index contributed by atoms with van der Waals surface area (Å²) in [4.78, 5) is 4.15. The molecule has 2 aromatic rings. The fourth-order valence-corrected chi connectivity index (χ4v) is 1.66. The Hall–Kier alpha value is -2.31. The molecule has 0 spiro atoms. The maximum atomic E-state index is 5.72. The first kappa shape index (κ1) is 14.1. The molecule has 0 aliphatic heterocycles. The number of pyridine rings is 1. The molecular weight excluding hydrogens is 248 g/mol. The fourth-order valence-electron chi connectivity index (χ4n) is 1.66. The first-order valence-electron chi connectivity index (χ1n) is 6.64. The van der Waals surface area contributed by atoms with Gasteiger partial charge in [-0.15, -0.1) is 0 Å². The van der Waals surface area contributed by atoms with E-state index in [-0.39, 0.29) is 0 Å². The third-order valence-electron chi connectivity index (χ3n) is 2.69. The molecule has 0 aliphatic rings. The van der Waals surface area contributed by atoms with Crippen LogP contribution in [0.2, 0.25) is 0 Å². The molecular formula is C17H18N2O. The van der Waals surface area contributed by atoms with Crippen LogP contribution in [-0.4, -0.2) is 18.6 Å². The molecule has 0 fully saturated rings. The van der Waals surface area contributed by atoms with Crippen LogP contribution in [0.25, 0.3) is 0 Å². The topological polar surface area (TPSA) is 34.2 Å². The lowest BCUT2D eigenvalue weighted by Crippen LogP contribution is -2.05. The Balaban J connectivity index is 1.93. The Bertz CT molecular complexity index is 585. The maximum absolute atomic E-state index is 5.72. The van der Waals surface area contributed by atoms with Gasteiger partial charge in [0.15, 0.2) is 0 Å². The normalized spacial score (nSPS) is 9.65. The van der Waals surface area contributed by atoms with Crippen LogP contribution in [0.5, 0.6) is 5.75 Å². The van der Waals surface area contributed by atoms with Gasteiger partial charge in [0.25, 0.3) is 0 Å². The number of nitrogens with zero attached hydrogens (tertiary/aromatic N) is 1. The minimum Gasteiger partial charge on any atom is -0.487 e.